The van der Waals surface area contributed by atoms with Gasteiger partial charge in [0.15, 0.2) is 17.2 Å². The molecule has 2 N–H and O–H groups in total. The number of nitrogens with one attached hydrogen (secondary N) is 2. The maximum Gasteiger partial charge on any atom is 0.287 e. The van der Waals surface area contributed by atoms with Crippen molar-refractivity contribution in [3.05, 3.63) is 69.5 Å². The number of fused-ring (bicyclic) bond motifs is 2. The molecular formula is C18H13FN4O4. The fraction of sp³-hybridized carbons (Fsp3) is 0.111. The fourth-order valence-electron chi connectivity index (χ4n) is 2.92. The van der Waals surface area contributed by atoms with Crippen LogP contribution in [0.4, 0.5) is 10.1 Å². The van der Waals surface area contributed by atoms with Crippen molar-refractivity contribution in [1.29, 1.82) is 0 Å². The van der Waals surface area contributed by atoms with Gasteiger partial charge in [-0.05, 0) is 19.1 Å². The topological polar surface area (TPSA) is 114 Å². The molecule has 0 aliphatic carbocycles. The van der Waals surface area contributed by atoms with E-state index in [1.807, 2.05) is 0 Å². The number of aromatic nitrogens is 2. The SMILES string of the molecule is Cc1c(C(=O)NCc2nc3ccc([N+](=O)[O-])cc3[nH]2)oc2c(F)cccc12. The molecule has 136 valence electrons. The summed E-state index contributed by atoms with van der Waals surface area (Å²) in [5.74, 6) is -0.580. The third-order valence-electron chi connectivity index (χ3n) is 4.26. The molecule has 0 saturated carbocycles. The molecule has 0 aliphatic rings. The maximum atomic E-state index is 13.8. The number of H-pyrrole nitrogens is 1. The number of furan rings is 1. The number of non-ortho nitro benzene ring substituents is 1. The van der Waals surface area contributed by atoms with Crippen molar-refractivity contribution in [1.82, 2.24) is 15.3 Å². The summed E-state index contributed by atoms with van der Waals surface area (Å²) in [5.41, 5.74) is 1.57. The van der Waals surface area contributed by atoms with Crippen molar-refractivity contribution < 1.29 is 18.5 Å². The summed E-state index contributed by atoms with van der Waals surface area (Å²) in [7, 11) is 0. The second-order valence-corrected chi connectivity index (χ2v) is 6.00. The van der Waals surface area contributed by atoms with Gasteiger partial charge in [0, 0.05) is 23.1 Å². The number of nitrogens with zero attached hydrogens (tertiary/aromatic N) is 2. The molecule has 0 unspecified atom stereocenters. The molecule has 27 heavy (non-hydrogen) atoms. The number of para-hydroxylation sites is 1. The molecule has 2 aromatic carbocycles. The average molecular weight is 368 g/mol. The van der Waals surface area contributed by atoms with Gasteiger partial charge in [0.2, 0.25) is 0 Å². The molecule has 1 amide bonds. The van der Waals surface area contributed by atoms with Crippen LogP contribution in [0.15, 0.2) is 40.8 Å². The predicted octanol–water partition coefficient (Wildman–Crippen LogP) is 3.59. The highest BCUT2D eigenvalue weighted by Crippen LogP contribution is 2.27. The van der Waals surface area contributed by atoms with Gasteiger partial charge in [-0.15, -0.1) is 0 Å². The number of nitro groups is 1. The van der Waals surface area contributed by atoms with E-state index in [4.69, 9.17) is 4.42 Å². The van der Waals surface area contributed by atoms with Gasteiger partial charge < -0.3 is 14.7 Å². The van der Waals surface area contributed by atoms with E-state index < -0.39 is 16.6 Å². The van der Waals surface area contributed by atoms with Crippen LogP contribution in [0.5, 0.6) is 0 Å². The number of carbonyl (C=O) groups excluding carboxylic acids is 1. The minimum absolute atomic E-state index is 0.0295. The molecule has 0 radical (unpaired) electrons. The molecule has 9 heteroatoms. The van der Waals surface area contributed by atoms with Gasteiger partial charge in [0.25, 0.3) is 11.6 Å². The maximum absolute atomic E-state index is 13.8. The lowest BCUT2D eigenvalue weighted by atomic mass is 10.1. The van der Waals surface area contributed by atoms with Crippen LogP contribution >= 0.6 is 0 Å². The number of hydrogen-bond acceptors (Lipinski definition) is 5. The van der Waals surface area contributed by atoms with E-state index in [-0.39, 0.29) is 23.6 Å². The highest BCUT2D eigenvalue weighted by molar-refractivity contribution is 5.99. The standard InChI is InChI=1S/C18H13FN4O4/c1-9-11-3-2-4-12(19)17(11)27-16(9)18(24)20-8-15-21-13-6-5-10(23(25)26)7-14(13)22-15/h2-7H,8H2,1H3,(H,20,24)(H,21,22). The second kappa shape index (κ2) is 6.20. The van der Waals surface area contributed by atoms with E-state index in [0.717, 1.165) is 0 Å². The number of aryl methyl sites for hydroxylation is 1. The Morgan fingerprint density at radius 1 is 1.37 bits per heavy atom. The highest BCUT2D eigenvalue weighted by Gasteiger charge is 2.19. The molecule has 8 nitrogen and oxygen atoms in total. The number of benzene rings is 2. The highest BCUT2D eigenvalue weighted by atomic mass is 19.1. The lowest BCUT2D eigenvalue weighted by molar-refractivity contribution is -0.384. The van der Waals surface area contributed by atoms with Gasteiger partial charge in [-0.3, -0.25) is 14.9 Å². The van der Waals surface area contributed by atoms with Crippen molar-refractivity contribution in [2.24, 2.45) is 0 Å². The number of aromatic amines is 1. The van der Waals surface area contributed by atoms with Crippen LogP contribution in [-0.4, -0.2) is 20.8 Å². The second-order valence-electron chi connectivity index (χ2n) is 6.00. The summed E-state index contributed by atoms with van der Waals surface area (Å²) >= 11 is 0. The van der Waals surface area contributed by atoms with E-state index in [9.17, 15) is 19.3 Å². The molecule has 0 spiro atoms. The number of nitro benzene ring substituents is 1. The number of amides is 1. The number of rotatable bonds is 4. The van der Waals surface area contributed by atoms with Crippen LogP contribution in [0, 0.1) is 22.9 Å². The molecule has 0 atom stereocenters. The zero-order valence-electron chi connectivity index (χ0n) is 14.1. The first kappa shape index (κ1) is 16.7. The Hall–Kier alpha value is -3.75. The minimum atomic E-state index is -0.534. The molecule has 0 saturated heterocycles. The van der Waals surface area contributed by atoms with Crippen molar-refractivity contribution in [2.75, 3.05) is 0 Å². The Balaban J connectivity index is 1.56. The van der Waals surface area contributed by atoms with Crippen molar-refractivity contribution in [3.63, 3.8) is 0 Å². The summed E-state index contributed by atoms with van der Waals surface area (Å²) in [4.78, 5) is 30.0. The van der Waals surface area contributed by atoms with Gasteiger partial charge in [-0.2, -0.15) is 0 Å². The summed E-state index contributed by atoms with van der Waals surface area (Å²) in [6.07, 6.45) is 0. The van der Waals surface area contributed by atoms with Crippen LogP contribution in [0.3, 0.4) is 0 Å². The average Bonchev–Trinajstić information content (AvgIpc) is 3.21. The first-order valence-corrected chi connectivity index (χ1v) is 8.03. The molecule has 4 aromatic rings. The Morgan fingerprint density at radius 3 is 2.93 bits per heavy atom. The Labute approximate surface area is 151 Å². The zero-order chi connectivity index (χ0) is 19.1. The van der Waals surface area contributed by atoms with Crippen molar-refractivity contribution >= 4 is 33.6 Å². The van der Waals surface area contributed by atoms with Gasteiger partial charge in [-0.25, -0.2) is 9.37 Å². The van der Waals surface area contributed by atoms with Crippen LogP contribution < -0.4 is 5.32 Å². The number of carbonyl (C=O) groups is 1. The Kier molecular flexibility index (Phi) is 3.84. The molecule has 0 fully saturated rings. The van der Waals surface area contributed by atoms with Crippen molar-refractivity contribution in [3.8, 4) is 0 Å². The first-order valence-electron chi connectivity index (χ1n) is 8.03. The minimum Gasteiger partial charge on any atom is -0.448 e. The van der Waals surface area contributed by atoms with E-state index in [1.165, 1.54) is 24.3 Å². The summed E-state index contributed by atoms with van der Waals surface area (Å²) in [6.45, 7) is 1.74. The van der Waals surface area contributed by atoms with Crippen LogP contribution in [0.2, 0.25) is 0 Å². The van der Waals surface area contributed by atoms with Crippen molar-refractivity contribution in [2.45, 2.75) is 13.5 Å². The van der Waals surface area contributed by atoms with Crippen LogP contribution in [0.25, 0.3) is 22.0 Å². The van der Waals surface area contributed by atoms with Gasteiger partial charge in [0.05, 0.1) is 22.5 Å². The van der Waals surface area contributed by atoms with Crippen LogP contribution in [-0.2, 0) is 6.54 Å². The third kappa shape index (κ3) is 2.88. The van der Waals surface area contributed by atoms with E-state index in [1.54, 1.807) is 19.1 Å². The lowest BCUT2D eigenvalue weighted by Crippen LogP contribution is -2.23. The molecule has 2 heterocycles. The zero-order valence-corrected chi connectivity index (χ0v) is 14.1. The normalized spacial score (nSPS) is 11.2. The number of imidazole rings is 1. The predicted molar refractivity (Wildman–Crippen MR) is 94.8 cm³/mol. The number of hydrogen-bond donors (Lipinski definition) is 2. The van der Waals surface area contributed by atoms with E-state index in [0.29, 0.717) is 27.8 Å². The first-order chi connectivity index (χ1) is 12.9. The molecule has 0 aliphatic heterocycles. The Morgan fingerprint density at radius 2 is 2.19 bits per heavy atom. The molecule has 4 rings (SSSR count). The summed E-state index contributed by atoms with van der Waals surface area (Å²) in [5, 5.41) is 14.0. The summed E-state index contributed by atoms with van der Waals surface area (Å²) < 4.78 is 19.2. The summed E-state index contributed by atoms with van der Waals surface area (Å²) in [6, 6.07) is 8.76. The van der Waals surface area contributed by atoms with Crippen LogP contribution in [0.1, 0.15) is 21.9 Å². The van der Waals surface area contributed by atoms with Gasteiger partial charge in [-0.1, -0.05) is 12.1 Å². The monoisotopic (exact) mass is 368 g/mol. The number of halogens is 1. The lowest BCUT2D eigenvalue weighted by Gasteiger charge is -2.01. The van der Waals surface area contributed by atoms with E-state index in [2.05, 4.69) is 15.3 Å². The largest absolute Gasteiger partial charge is 0.448 e. The third-order valence-corrected chi connectivity index (χ3v) is 4.26. The molecule has 2 aromatic heterocycles. The Bertz CT molecular complexity index is 1210. The molecular weight excluding hydrogens is 355 g/mol. The molecule has 0 bridgehead atoms. The van der Waals surface area contributed by atoms with Gasteiger partial charge in [0.1, 0.15) is 5.82 Å². The fourth-order valence-corrected chi connectivity index (χ4v) is 2.92. The smallest absolute Gasteiger partial charge is 0.287 e. The van der Waals surface area contributed by atoms with E-state index >= 15 is 0 Å². The quantitative estimate of drug-likeness (QED) is 0.422. The van der Waals surface area contributed by atoms with Gasteiger partial charge >= 0.3 is 0 Å².